The number of piperazine rings is 1. The quantitative estimate of drug-likeness (QED) is 0.0781. The van der Waals surface area contributed by atoms with Crippen molar-refractivity contribution < 1.29 is 27.6 Å². The summed E-state index contributed by atoms with van der Waals surface area (Å²) in [5.41, 5.74) is 29.5. The normalized spacial score (nSPS) is 17.4. The van der Waals surface area contributed by atoms with Gasteiger partial charge in [-0.25, -0.2) is 58.0 Å². The SMILES string of the molecule is CCc1ncnc(-c2ccc(C(=O)N3CCNCC3)c(F)c2)c1C#Cc1cnc(N)c(C2CCN(C3CCN(C(=O)c4ccc(-c5ncnc(CC)c5C#Cc5cnc(N)c(C6CCCN(C7CCN(C(=O)c8ccc(-c9ncnc(CC)c9C#Cc9ccc(N)nc9)cc8F)CC7)CC6)c5)cc4F)CC3)C2)c1. The number of nitrogens with two attached hydrogens (primary N) is 3. The molecule has 21 nitrogen and oxygen atoms in total. The third kappa shape index (κ3) is 16.1. The number of amides is 3. The molecule has 5 aliphatic rings. The summed E-state index contributed by atoms with van der Waals surface area (Å²) in [5, 5.41) is 3.22. The highest BCUT2D eigenvalue weighted by molar-refractivity contribution is 5.97. The molecule has 3 amide bonds. The number of nitrogen functional groups attached to an aromatic ring is 3. The van der Waals surface area contributed by atoms with Gasteiger partial charge in [0.05, 0.1) is 67.5 Å². The Kier molecular flexibility index (Phi) is 22.5. The third-order valence-corrected chi connectivity index (χ3v) is 21.7. The molecule has 3 aromatic carbocycles. The summed E-state index contributed by atoms with van der Waals surface area (Å²) < 4.78 is 48.2. The number of carbonyl (C=O) groups excluding carboxylic acids is 3. The Balaban J connectivity index is 0.574. The van der Waals surface area contributed by atoms with Gasteiger partial charge in [-0.2, -0.15) is 0 Å². The number of aryl methyl sites for hydroxylation is 3. The Bertz CT molecular complexity index is 5100. The van der Waals surface area contributed by atoms with Crippen LogP contribution in [0, 0.1) is 53.0 Å². The first kappa shape index (κ1) is 73.4. The van der Waals surface area contributed by atoms with E-state index in [0.717, 1.165) is 94.4 Å². The van der Waals surface area contributed by atoms with E-state index in [1.54, 1.807) is 69.7 Å². The van der Waals surface area contributed by atoms with Crippen molar-refractivity contribution in [1.82, 2.24) is 74.7 Å². The first-order valence-electron chi connectivity index (χ1n) is 37.4. The lowest BCUT2D eigenvalue weighted by atomic mass is 9.91. The van der Waals surface area contributed by atoms with Gasteiger partial charge in [0, 0.05) is 129 Å². The predicted octanol–water partition coefficient (Wildman–Crippen LogP) is 10.3. The standard InChI is InChI=1S/C84H85F3N18O3/c1-4-73-65(16-9-52-12-22-76(88)92-45-52)77(98-49-95-73)56-13-19-62(70(85)42-56)82(106)102-34-25-60(26-35-102)101-31-7-8-55(23-32-101)68-40-53(46-93-80(68)89)10-17-66-74(5-2)96-50-99-78(66)57-14-20-63(71(86)43-57)83(107)103-36-27-61(28-37-103)105-33-24-59(48-105)69-41-54(47-94-81(69)90)11-18-67-75(6-3)97-51-100-79(67)58-15-21-64(72(87)44-58)84(108)104-38-29-91-30-39-104/h12-15,19-22,40-47,49-51,55,59-61,91H,4-8,23-39,48H2,1-3H3,(H2,88,92)(H2,89,93)(H2,90,94). The van der Waals surface area contributed by atoms with Crippen molar-refractivity contribution in [1.29, 1.82) is 0 Å². The monoisotopic (exact) mass is 1450 g/mol. The lowest BCUT2D eigenvalue weighted by molar-refractivity contribution is 0.0615. The summed E-state index contributed by atoms with van der Waals surface area (Å²) in [6.45, 7) is 13.5. The topological polar surface area (TPSA) is 274 Å². The molecule has 5 saturated heterocycles. The minimum atomic E-state index is -0.651. The Labute approximate surface area is 626 Å². The number of piperidine rings is 2. The van der Waals surface area contributed by atoms with Gasteiger partial charge in [0.1, 0.15) is 53.9 Å². The summed E-state index contributed by atoms with van der Waals surface area (Å²) in [6, 6.07) is 21.7. The number of aromatic nitrogens is 9. The molecule has 5 fully saturated rings. The number of nitrogens with one attached hydrogen (secondary N) is 1. The molecule has 7 N–H and O–H groups in total. The zero-order valence-electron chi connectivity index (χ0n) is 60.9. The molecule has 108 heavy (non-hydrogen) atoms. The smallest absolute Gasteiger partial charge is 0.256 e. The van der Waals surface area contributed by atoms with Crippen LogP contribution >= 0.6 is 0 Å². The van der Waals surface area contributed by atoms with Crippen LogP contribution in [0.15, 0.2) is 116 Å². The molecule has 2 unspecified atom stereocenters. The van der Waals surface area contributed by atoms with Crippen LogP contribution in [0.1, 0.15) is 177 Å². The van der Waals surface area contributed by atoms with Crippen molar-refractivity contribution in [3.05, 3.63) is 212 Å². The van der Waals surface area contributed by atoms with Crippen LogP contribution in [0.4, 0.5) is 30.6 Å². The third-order valence-electron chi connectivity index (χ3n) is 21.7. The van der Waals surface area contributed by atoms with E-state index >= 15 is 13.2 Å². The fourth-order valence-corrected chi connectivity index (χ4v) is 15.7. The predicted molar refractivity (Wildman–Crippen MR) is 408 cm³/mol. The second-order valence-corrected chi connectivity index (χ2v) is 28.1. The van der Waals surface area contributed by atoms with E-state index in [0.29, 0.717) is 168 Å². The molecule has 0 saturated carbocycles. The molecule has 0 radical (unpaired) electrons. The van der Waals surface area contributed by atoms with Crippen LogP contribution < -0.4 is 22.5 Å². The molecule has 11 heterocycles. The van der Waals surface area contributed by atoms with Gasteiger partial charge in [0.2, 0.25) is 0 Å². The van der Waals surface area contributed by atoms with Gasteiger partial charge in [-0.3, -0.25) is 19.3 Å². The lowest BCUT2D eigenvalue weighted by Gasteiger charge is -2.38. The molecule has 550 valence electrons. The zero-order valence-corrected chi connectivity index (χ0v) is 60.9. The summed E-state index contributed by atoms with van der Waals surface area (Å²) in [7, 11) is 0. The van der Waals surface area contributed by atoms with E-state index in [1.807, 2.05) is 32.9 Å². The van der Waals surface area contributed by atoms with Crippen molar-refractivity contribution in [3.8, 4) is 69.3 Å². The molecule has 5 aliphatic heterocycles. The van der Waals surface area contributed by atoms with Crippen molar-refractivity contribution in [2.24, 2.45) is 0 Å². The van der Waals surface area contributed by atoms with E-state index in [9.17, 15) is 14.4 Å². The number of likely N-dealkylation sites (tertiary alicyclic amines) is 4. The Morgan fingerprint density at radius 1 is 0.426 bits per heavy atom. The van der Waals surface area contributed by atoms with Crippen molar-refractivity contribution in [2.75, 3.05) is 95.7 Å². The van der Waals surface area contributed by atoms with Crippen LogP contribution in [0.5, 0.6) is 0 Å². The lowest BCUT2D eigenvalue weighted by Crippen LogP contribution is -2.47. The van der Waals surface area contributed by atoms with E-state index in [2.05, 4.69) is 95.5 Å². The Morgan fingerprint density at radius 3 is 1.27 bits per heavy atom. The first-order chi connectivity index (χ1) is 52.6. The van der Waals surface area contributed by atoms with Gasteiger partial charge >= 0.3 is 0 Å². The Hall–Kier alpha value is -11.5. The highest BCUT2D eigenvalue weighted by Gasteiger charge is 2.36. The van der Waals surface area contributed by atoms with Gasteiger partial charge in [0.15, 0.2) is 0 Å². The van der Waals surface area contributed by atoms with Crippen molar-refractivity contribution in [2.45, 2.75) is 115 Å². The molecule has 24 heteroatoms. The largest absolute Gasteiger partial charge is 0.384 e. The highest BCUT2D eigenvalue weighted by atomic mass is 19.1. The van der Waals surface area contributed by atoms with Gasteiger partial charge in [-0.1, -0.05) is 74.5 Å². The maximum atomic E-state index is 16.5. The van der Waals surface area contributed by atoms with Gasteiger partial charge in [-0.15, -0.1) is 0 Å². The van der Waals surface area contributed by atoms with Crippen molar-refractivity contribution in [3.63, 3.8) is 0 Å². The number of nitrogens with zero attached hydrogens (tertiary/aromatic N) is 14. The van der Waals surface area contributed by atoms with Crippen LogP contribution in [0.25, 0.3) is 33.8 Å². The molecule has 0 aliphatic carbocycles. The molecular weight excluding hydrogens is 1370 g/mol. The van der Waals surface area contributed by atoms with Crippen molar-refractivity contribution >= 4 is 35.2 Å². The van der Waals surface area contributed by atoms with Gasteiger partial charge < -0.3 is 42.1 Å². The van der Waals surface area contributed by atoms with E-state index in [1.165, 1.54) is 49.3 Å². The van der Waals surface area contributed by atoms with Crippen LogP contribution in [-0.2, 0) is 19.3 Å². The fraction of sp³-hybridized carbons (Fsp3) is 0.357. The number of pyridine rings is 3. The number of halogens is 3. The van der Waals surface area contributed by atoms with Gasteiger partial charge in [0.25, 0.3) is 17.7 Å². The number of benzene rings is 3. The number of hydrogen-bond acceptors (Lipinski definition) is 18. The number of rotatable bonds is 13. The van der Waals surface area contributed by atoms with Crippen LogP contribution in [-0.4, -0.2) is 178 Å². The fourth-order valence-electron chi connectivity index (χ4n) is 15.7. The Morgan fingerprint density at radius 2 is 0.833 bits per heavy atom. The molecule has 0 bridgehead atoms. The number of carbonyl (C=O) groups is 3. The van der Waals surface area contributed by atoms with E-state index < -0.39 is 17.5 Å². The molecule has 2 atom stereocenters. The number of hydrogen-bond donors (Lipinski definition) is 4. The molecule has 9 aromatic rings. The van der Waals surface area contributed by atoms with Crippen LogP contribution in [0.3, 0.4) is 0 Å². The minimum Gasteiger partial charge on any atom is -0.384 e. The summed E-state index contributed by atoms with van der Waals surface area (Å²) in [5.74, 6) is 18.0. The molecule has 0 spiro atoms. The average molecular weight is 1450 g/mol. The van der Waals surface area contributed by atoms with Gasteiger partial charge in [-0.05, 0) is 168 Å². The maximum absolute atomic E-state index is 16.5. The number of anilines is 3. The van der Waals surface area contributed by atoms with E-state index in [-0.39, 0.29) is 58.3 Å². The average Bonchev–Trinajstić information content (AvgIpc) is 1.14. The maximum Gasteiger partial charge on any atom is 0.256 e. The molecular formula is C84H85F3N18O3. The second-order valence-electron chi connectivity index (χ2n) is 28.1. The summed E-state index contributed by atoms with van der Waals surface area (Å²) >= 11 is 0. The van der Waals surface area contributed by atoms with E-state index in [4.69, 9.17) is 17.2 Å². The second kappa shape index (κ2) is 33.1. The summed E-state index contributed by atoms with van der Waals surface area (Å²) in [4.78, 5) is 91.9. The molecule has 6 aromatic heterocycles. The molecule has 14 rings (SSSR count). The summed E-state index contributed by atoms with van der Waals surface area (Å²) in [6.07, 6.45) is 17.5. The minimum absolute atomic E-state index is 0.0117. The first-order valence-corrected chi connectivity index (χ1v) is 37.4. The highest BCUT2D eigenvalue weighted by Crippen LogP contribution is 2.37. The zero-order chi connectivity index (χ0) is 75.0. The van der Waals surface area contributed by atoms with Crippen LogP contribution in [0.2, 0.25) is 0 Å².